The number of anilines is 1. The number of nitrogens with one attached hydrogen (secondary N) is 2. The van der Waals surface area contributed by atoms with E-state index in [0.29, 0.717) is 47.6 Å². The van der Waals surface area contributed by atoms with Gasteiger partial charge in [0.15, 0.2) is 6.54 Å². The maximum Gasteiger partial charge on any atom is 0.279 e. The maximum absolute atomic E-state index is 12.5. The van der Waals surface area contributed by atoms with Gasteiger partial charge in [-0.25, -0.2) is 8.42 Å². The second-order valence-electron chi connectivity index (χ2n) is 5.82. The highest BCUT2D eigenvalue weighted by atomic mass is 35.5. The lowest BCUT2D eigenvalue weighted by molar-refractivity contribution is -0.895. The number of sulfonamides is 1. The van der Waals surface area contributed by atoms with Crippen LogP contribution in [0.4, 0.5) is 5.69 Å². The highest BCUT2D eigenvalue weighted by molar-refractivity contribution is 7.91. The maximum atomic E-state index is 12.5. The molecule has 1 amide bonds. The number of piperazine rings is 1. The zero-order valence-electron chi connectivity index (χ0n) is 13.4. The van der Waals surface area contributed by atoms with Crippen molar-refractivity contribution in [3.8, 4) is 0 Å². The van der Waals surface area contributed by atoms with Crippen molar-refractivity contribution in [1.82, 2.24) is 4.31 Å². The normalized spacial score (nSPS) is 16.7. The average Bonchev–Trinajstić information content (AvgIpc) is 3.10. The lowest BCUT2D eigenvalue weighted by Crippen LogP contribution is -3.15. The summed E-state index contributed by atoms with van der Waals surface area (Å²) in [4.78, 5) is 13.2. The number of rotatable bonds is 5. The highest BCUT2D eigenvalue weighted by Gasteiger charge is 2.31. The molecule has 1 aliphatic heterocycles. The molecule has 2 N–H and O–H groups in total. The van der Waals surface area contributed by atoms with Crippen molar-refractivity contribution in [1.29, 1.82) is 0 Å². The number of nitrogens with zero attached hydrogens (tertiary/aromatic N) is 1. The number of carbonyl (C=O) groups is 1. The Hall–Kier alpha value is -1.45. The number of hydrogen-bond donors (Lipinski definition) is 2. The Kier molecular flexibility index (Phi) is 5.75. The van der Waals surface area contributed by atoms with Crippen molar-refractivity contribution in [2.24, 2.45) is 0 Å². The van der Waals surface area contributed by atoms with E-state index in [1.54, 1.807) is 41.8 Å². The summed E-state index contributed by atoms with van der Waals surface area (Å²) in [7, 11) is -3.40. The Morgan fingerprint density at radius 3 is 2.64 bits per heavy atom. The van der Waals surface area contributed by atoms with Gasteiger partial charge < -0.3 is 10.2 Å². The molecule has 0 bridgehead atoms. The molecule has 0 spiro atoms. The molecule has 0 atom stereocenters. The number of halogens is 1. The van der Waals surface area contributed by atoms with Gasteiger partial charge in [0.2, 0.25) is 0 Å². The van der Waals surface area contributed by atoms with Crippen LogP contribution in [0.1, 0.15) is 0 Å². The van der Waals surface area contributed by atoms with Crippen molar-refractivity contribution < 1.29 is 18.1 Å². The third kappa shape index (κ3) is 4.59. The van der Waals surface area contributed by atoms with E-state index >= 15 is 0 Å². The molecule has 1 aromatic carbocycles. The van der Waals surface area contributed by atoms with Crippen molar-refractivity contribution >= 4 is 44.6 Å². The van der Waals surface area contributed by atoms with Crippen LogP contribution >= 0.6 is 22.9 Å². The van der Waals surface area contributed by atoms with Crippen molar-refractivity contribution in [2.75, 3.05) is 38.0 Å². The third-order valence-electron chi connectivity index (χ3n) is 4.04. The summed E-state index contributed by atoms with van der Waals surface area (Å²) in [6, 6.07) is 10.4. The molecule has 0 unspecified atom stereocenters. The first-order chi connectivity index (χ1) is 11.9. The zero-order valence-corrected chi connectivity index (χ0v) is 15.8. The minimum absolute atomic E-state index is 0.105. The largest absolute Gasteiger partial charge is 0.325 e. The molecule has 1 fully saturated rings. The van der Waals surface area contributed by atoms with Crippen LogP contribution in [0.5, 0.6) is 0 Å². The summed E-state index contributed by atoms with van der Waals surface area (Å²) in [6.07, 6.45) is 0. The minimum Gasteiger partial charge on any atom is -0.325 e. The second-order valence-corrected chi connectivity index (χ2v) is 9.37. The average molecular weight is 401 g/mol. The Morgan fingerprint density at radius 2 is 2.00 bits per heavy atom. The van der Waals surface area contributed by atoms with Gasteiger partial charge in [0.25, 0.3) is 15.9 Å². The van der Waals surface area contributed by atoms with E-state index in [9.17, 15) is 13.2 Å². The zero-order chi connectivity index (χ0) is 17.9. The van der Waals surface area contributed by atoms with E-state index in [2.05, 4.69) is 5.32 Å². The van der Waals surface area contributed by atoms with Crippen molar-refractivity contribution in [3.05, 3.63) is 46.8 Å². The lowest BCUT2D eigenvalue weighted by Gasteiger charge is -2.30. The van der Waals surface area contributed by atoms with Crippen LogP contribution < -0.4 is 10.2 Å². The molecule has 0 aliphatic carbocycles. The van der Waals surface area contributed by atoms with Crippen LogP contribution in [-0.4, -0.2) is 51.4 Å². The van der Waals surface area contributed by atoms with E-state index < -0.39 is 10.0 Å². The molecular formula is C16H19ClN3O3S2+. The van der Waals surface area contributed by atoms with Gasteiger partial charge in [-0.15, -0.1) is 11.3 Å². The van der Waals surface area contributed by atoms with Gasteiger partial charge in [0.1, 0.15) is 4.21 Å². The fourth-order valence-electron chi connectivity index (χ4n) is 2.76. The molecule has 0 radical (unpaired) electrons. The SMILES string of the molecule is O=C(C[NH+]1CCN(S(=O)(=O)c2cccs2)CC1)Nc1cccc(Cl)c1. The predicted octanol–water partition coefficient (Wildman–Crippen LogP) is 0.929. The van der Waals surface area contributed by atoms with Crippen molar-refractivity contribution in [2.45, 2.75) is 4.21 Å². The summed E-state index contributed by atoms with van der Waals surface area (Å²) < 4.78 is 26.8. The fraction of sp³-hybridized carbons (Fsp3) is 0.312. The number of amides is 1. The van der Waals surface area contributed by atoms with Crippen LogP contribution in [0, 0.1) is 0 Å². The summed E-state index contributed by atoms with van der Waals surface area (Å²) in [5.41, 5.74) is 0.663. The van der Waals surface area contributed by atoms with Gasteiger partial charge in [-0.05, 0) is 29.6 Å². The highest BCUT2D eigenvalue weighted by Crippen LogP contribution is 2.20. The third-order valence-corrected chi connectivity index (χ3v) is 7.54. The summed E-state index contributed by atoms with van der Waals surface area (Å²) in [6.45, 7) is 2.35. The molecule has 3 rings (SSSR count). The fourth-order valence-corrected chi connectivity index (χ4v) is 5.53. The standard InChI is InChI=1S/C16H18ClN3O3S2/c17-13-3-1-4-14(11-13)18-15(21)12-19-6-8-20(9-7-19)25(22,23)16-5-2-10-24-16/h1-5,10-11H,6-9,12H2,(H,18,21)/p+1. The van der Waals surface area contributed by atoms with Gasteiger partial charge in [-0.1, -0.05) is 23.7 Å². The molecule has 2 heterocycles. The van der Waals surface area contributed by atoms with Crippen molar-refractivity contribution in [3.63, 3.8) is 0 Å². The lowest BCUT2D eigenvalue weighted by atomic mass is 10.3. The van der Waals surface area contributed by atoms with Gasteiger partial charge in [-0.3, -0.25) is 4.79 Å². The number of thiophene rings is 1. The first-order valence-corrected chi connectivity index (χ1v) is 10.6. The molecule has 2 aromatic rings. The molecular weight excluding hydrogens is 382 g/mol. The Bertz CT molecular complexity index is 832. The molecule has 9 heteroatoms. The smallest absolute Gasteiger partial charge is 0.279 e. The van der Waals surface area contributed by atoms with E-state index in [4.69, 9.17) is 11.6 Å². The predicted molar refractivity (Wildman–Crippen MR) is 98.7 cm³/mol. The van der Waals surface area contributed by atoms with Crippen LogP contribution in [0.15, 0.2) is 46.0 Å². The van der Waals surface area contributed by atoms with Gasteiger partial charge in [-0.2, -0.15) is 4.31 Å². The Morgan fingerprint density at radius 1 is 1.24 bits per heavy atom. The Balaban J connectivity index is 1.52. The van der Waals surface area contributed by atoms with E-state index in [1.807, 2.05) is 0 Å². The molecule has 0 saturated carbocycles. The molecule has 6 nitrogen and oxygen atoms in total. The number of benzene rings is 1. The van der Waals surface area contributed by atoms with Crippen LogP contribution in [-0.2, 0) is 14.8 Å². The number of carbonyl (C=O) groups excluding carboxylic acids is 1. The Labute approximate surface area is 156 Å². The number of hydrogen-bond acceptors (Lipinski definition) is 4. The second kappa shape index (κ2) is 7.84. The monoisotopic (exact) mass is 400 g/mol. The first-order valence-electron chi connectivity index (χ1n) is 7.88. The molecule has 1 aromatic heterocycles. The van der Waals surface area contributed by atoms with Crippen LogP contribution in [0.3, 0.4) is 0 Å². The van der Waals surface area contributed by atoms with Crippen LogP contribution in [0.25, 0.3) is 0 Å². The van der Waals surface area contributed by atoms with E-state index in [1.165, 1.54) is 15.6 Å². The molecule has 1 aliphatic rings. The van der Waals surface area contributed by atoms with Crippen LogP contribution in [0.2, 0.25) is 5.02 Å². The van der Waals surface area contributed by atoms with E-state index in [0.717, 1.165) is 4.90 Å². The molecule has 134 valence electrons. The summed E-state index contributed by atoms with van der Waals surface area (Å²) >= 11 is 7.13. The first kappa shape index (κ1) is 18.3. The minimum atomic E-state index is -3.40. The van der Waals surface area contributed by atoms with Gasteiger partial charge in [0, 0.05) is 10.7 Å². The summed E-state index contributed by atoms with van der Waals surface area (Å²) in [5, 5.41) is 5.15. The van der Waals surface area contributed by atoms with E-state index in [-0.39, 0.29) is 5.91 Å². The quantitative estimate of drug-likeness (QED) is 0.784. The topological polar surface area (TPSA) is 70.9 Å². The number of quaternary nitrogens is 1. The van der Waals surface area contributed by atoms with Gasteiger partial charge >= 0.3 is 0 Å². The molecule has 25 heavy (non-hydrogen) atoms. The summed E-state index contributed by atoms with van der Waals surface area (Å²) in [5.74, 6) is -0.105. The van der Waals surface area contributed by atoms with Gasteiger partial charge in [0.05, 0.1) is 26.2 Å². The molecule has 1 saturated heterocycles.